The Bertz CT molecular complexity index is 4110. The highest BCUT2D eigenvalue weighted by molar-refractivity contribution is 7.00. The van der Waals surface area contributed by atoms with Crippen LogP contribution in [0.5, 0.6) is 0 Å². The van der Waals surface area contributed by atoms with Crippen molar-refractivity contribution in [2.45, 2.75) is 167 Å². The molecule has 0 N–H and O–H groups in total. The van der Waals surface area contributed by atoms with Crippen LogP contribution in [0.3, 0.4) is 0 Å². The highest BCUT2D eigenvalue weighted by Crippen LogP contribution is 2.59. The largest absolute Gasteiger partial charge is 0.468 e. The van der Waals surface area contributed by atoms with Gasteiger partial charge < -0.3 is 14.2 Å². The molecule has 2 aliphatic heterocycles. The number of fused-ring (bicyclic) bond motifs is 9. The topological polar surface area (TPSA) is 19.6 Å². The van der Waals surface area contributed by atoms with E-state index in [1.165, 1.54) is 70.0 Å². The van der Waals surface area contributed by atoms with E-state index in [1.807, 2.05) is 18.2 Å². The van der Waals surface area contributed by atoms with Crippen molar-refractivity contribution in [2.75, 3.05) is 9.80 Å². The van der Waals surface area contributed by atoms with Crippen LogP contribution < -0.4 is 26.4 Å². The second-order valence-electron chi connectivity index (χ2n) is 28.7. The quantitative estimate of drug-likeness (QED) is 0.122. The second-order valence-corrected chi connectivity index (χ2v) is 28.7. The van der Waals surface area contributed by atoms with Gasteiger partial charge in [0.25, 0.3) is 6.71 Å². The third kappa shape index (κ3) is 7.73. The van der Waals surface area contributed by atoms with Gasteiger partial charge >= 0.3 is 0 Å². The summed E-state index contributed by atoms with van der Waals surface area (Å²) in [6.45, 7) is 25.9. The van der Waals surface area contributed by atoms with Crippen LogP contribution in [-0.2, 0) is 32.5 Å². The smallest absolute Gasteiger partial charge is 0.297 e. The second kappa shape index (κ2) is 17.5. The molecule has 3 nitrogen and oxygen atoms in total. The third-order valence-electron chi connectivity index (χ3n) is 20.5. The highest BCUT2D eigenvalue weighted by Gasteiger charge is 2.52. The van der Waals surface area contributed by atoms with E-state index in [2.05, 4.69) is 238 Å². The fourth-order valence-corrected chi connectivity index (χ4v) is 15.3. The summed E-state index contributed by atoms with van der Waals surface area (Å²) in [5.74, 6) is -0.452. The molecule has 2 bridgehead atoms. The van der Waals surface area contributed by atoms with Crippen molar-refractivity contribution in [2.24, 2.45) is 0 Å². The minimum Gasteiger partial charge on any atom is -0.468 e. The van der Waals surface area contributed by atoms with Gasteiger partial charge in [-0.1, -0.05) is 192 Å². The van der Waals surface area contributed by atoms with Gasteiger partial charge in [-0.3, -0.25) is 0 Å². The van der Waals surface area contributed by atoms with Crippen molar-refractivity contribution in [1.29, 1.82) is 0 Å². The maximum Gasteiger partial charge on any atom is 0.297 e. The maximum absolute atomic E-state index is 9.10. The van der Waals surface area contributed by atoms with Crippen molar-refractivity contribution < 1.29 is 8.53 Å². The molecule has 4 heteroatoms. The summed E-state index contributed by atoms with van der Waals surface area (Å²) in [4.78, 5) is 5.17. The summed E-state index contributed by atoms with van der Waals surface area (Å²) in [7, 11) is 0. The number of hydrogen-bond donors (Lipinski definition) is 0. The Morgan fingerprint density at radius 1 is 0.512 bits per heavy atom. The lowest BCUT2D eigenvalue weighted by atomic mass is 9.35. The number of aryl methyl sites for hydroxylation is 1. The Morgan fingerprint density at radius 2 is 1.10 bits per heavy atom. The van der Waals surface area contributed by atoms with Crippen LogP contribution in [-0.4, -0.2) is 6.71 Å². The first-order valence-corrected chi connectivity index (χ1v) is 29.8. The molecule has 3 heterocycles. The third-order valence-corrected chi connectivity index (χ3v) is 20.5. The van der Waals surface area contributed by atoms with Gasteiger partial charge in [-0.05, 0) is 205 Å². The molecule has 0 radical (unpaired) electrons. The summed E-state index contributed by atoms with van der Waals surface area (Å²) < 4.78 is 35.1. The molecule has 4 aliphatic carbocycles. The monoisotopic (exact) mass is 1050 g/mol. The van der Waals surface area contributed by atoms with Crippen LogP contribution in [0, 0.1) is 6.85 Å². The molecular weight excluding hydrogens is 968 g/mol. The number of furan rings is 1. The Kier molecular flexibility index (Phi) is 10.4. The molecule has 1 unspecified atom stereocenters. The average molecular weight is 1050 g/mol. The fourth-order valence-electron chi connectivity index (χ4n) is 15.3. The van der Waals surface area contributed by atoms with Crippen LogP contribution in [0.4, 0.5) is 34.1 Å². The molecule has 9 aromatic rings. The van der Waals surface area contributed by atoms with Gasteiger partial charge in [0.2, 0.25) is 0 Å². The van der Waals surface area contributed by atoms with Gasteiger partial charge in [0.05, 0.1) is 17.0 Å². The molecule has 1 fully saturated rings. The normalized spacial score (nSPS) is 21.4. The minimum atomic E-state index is -2.36. The maximum atomic E-state index is 9.10. The van der Waals surface area contributed by atoms with Gasteiger partial charge in [0.1, 0.15) is 5.58 Å². The molecule has 15 rings (SSSR count). The zero-order valence-electron chi connectivity index (χ0n) is 52.3. The lowest BCUT2D eigenvalue weighted by molar-refractivity contribution is 0.188. The molecule has 1 saturated carbocycles. The Morgan fingerprint density at radius 3 is 1.76 bits per heavy atom. The SMILES string of the molecule is [2H]C([2H])([2H])c1ccccc1C(c1ccccc1)c1cc2c3c(c1)N(c1ccc4c(c1)C(C)(C)CCC4(C)C)c1c(oc4cc5c(cc14)C1(C)CCC5(C)CC1)B3c1cc(C(C)(C)C)ccc1N2c1ccc(C(C)(C)C)cc1-c1ccccc1. The average Bonchev–Trinajstić information content (AvgIpc) is 1.90. The lowest BCUT2D eigenvalue weighted by Gasteiger charge is -2.52. The highest BCUT2D eigenvalue weighted by atomic mass is 16.3. The standard InChI is InChI=1S/C76H79BN2O/c1-47-22-20-21-27-54(47)67(49-25-18-15-19-26-49)50-40-64-68-65(41-50)79(62-32-28-51(71(2,3)4)42-55(62)48-23-16-14-17-24-48)63-33-29-52(72(5,6)7)43-61(63)77(68)70-69(78(64)53-30-31-57-58(44-53)74(10,11)35-34-73(57,8)9)56-45-59-60(46-66(56)80-70)76(13)38-36-75(59,12)37-39-76/h14-33,40-46,67H,34-39H2,1-13H3/i1D3. The van der Waals surface area contributed by atoms with Gasteiger partial charge in [0.15, 0.2) is 0 Å². The van der Waals surface area contributed by atoms with Gasteiger partial charge in [-0.25, -0.2) is 0 Å². The summed E-state index contributed by atoms with van der Waals surface area (Å²) in [6, 6.07) is 60.9. The molecule has 0 spiro atoms. The van der Waals surface area contributed by atoms with Gasteiger partial charge in [-0.2, -0.15) is 0 Å². The molecule has 1 aromatic heterocycles. The van der Waals surface area contributed by atoms with Crippen molar-refractivity contribution in [3.63, 3.8) is 0 Å². The first-order chi connectivity index (χ1) is 39.2. The van der Waals surface area contributed by atoms with E-state index in [4.69, 9.17) is 8.53 Å². The number of rotatable bonds is 6. The van der Waals surface area contributed by atoms with E-state index in [0.717, 1.165) is 91.4 Å². The molecule has 402 valence electrons. The van der Waals surface area contributed by atoms with E-state index >= 15 is 0 Å². The molecule has 8 aromatic carbocycles. The number of hydrogen-bond acceptors (Lipinski definition) is 3. The Hall–Kier alpha value is -7.04. The number of benzene rings is 8. The van der Waals surface area contributed by atoms with E-state index in [1.54, 1.807) is 0 Å². The predicted octanol–water partition coefficient (Wildman–Crippen LogP) is 18.7. The van der Waals surface area contributed by atoms with E-state index in [9.17, 15) is 0 Å². The Balaban J connectivity index is 1.17. The summed E-state index contributed by atoms with van der Waals surface area (Å²) in [5.41, 5.74) is 24.4. The molecule has 1 atom stereocenters. The van der Waals surface area contributed by atoms with Crippen LogP contribution in [0.2, 0.25) is 0 Å². The predicted molar refractivity (Wildman–Crippen MR) is 340 cm³/mol. The van der Waals surface area contributed by atoms with Crippen molar-refractivity contribution in [1.82, 2.24) is 0 Å². The Labute approximate surface area is 481 Å². The van der Waals surface area contributed by atoms with Crippen LogP contribution >= 0.6 is 0 Å². The summed E-state index contributed by atoms with van der Waals surface area (Å²) in [6.07, 6.45) is 6.94. The summed E-state index contributed by atoms with van der Waals surface area (Å²) >= 11 is 0. The van der Waals surface area contributed by atoms with Crippen LogP contribution in [0.15, 0.2) is 168 Å². The summed E-state index contributed by atoms with van der Waals surface area (Å²) in [5, 5.41) is 1.15. The fraction of sp³-hybridized carbons (Fsp3) is 0.342. The molecule has 80 heavy (non-hydrogen) atoms. The lowest BCUT2D eigenvalue weighted by Crippen LogP contribution is -2.61. The van der Waals surface area contributed by atoms with E-state index < -0.39 is 12.8 Å². The molecule has 0 amide bonds. The molecular formula is C76H79BN2O. The minimum absolute atomic E-state index is 0.0138. The zero-order chi connectivity index (χ0) is 58.1. The first kappa shape index (κ1) is 47.7. The number of nitrogens with zero attached hydrogens (tertiary/aromatic N) is 2. The van der Waals surface area contributed by atoms with Crippen LogP contribution in [0.1, 0.15) is 187 Å². The van der Waals surface area contributed by atoms with E-state index in [0.29, 0.717) is 5.56 Å². The van der Waals surface area contributed by atoms with E-state index in [-0.39, 0.29) is 39.2 Å². The van der Waals surface area contributed by atoms with Crippen LogP contribution in [0.25, 0.3) is 22.1 Å². The van der Waals surface area contributed by atoms with Crippen molar-refractivity contribution in [3.05, 3.63) is 219 Å². The first-order valence-electron chi connectivity index (χ1n) is 31.3. The zero-order valence-corrected chi connectivity index (χ0v) is 49.3. The van der Waals surface area contributed by atoms with Gasteiger partial charge in [0, 0.05) is 43.7 Å². The number of anilines is 6. The van der Waals surface area contributed by atoms with Crippen molar-refractivity contribution >= 4 is 68.4 Å². The molecule has 0 saturated heterocycles. The van der Waals surface area contributed by atoms with Gasteiger partial charge in [-0.15, -0.1) is 0 Å². The molecule has 6 aliphatic rings. The van der Waals surface area contributed by atoms with Crippen molar-refractivity contribution in [3.8, 4) is 11.1 Å².